The van der Waals surface area contributed by atoms with Crippen LogP contribution < -0.4 is 4.74 Å². The number of aromatic nitrogens is 1. The molecular weight excluding hydrogens is 190 g/mol. The van der Waals surface area contributed by atoms with Gasteiger partial charge in [-0.2, -0.15) is 0 Å². The fraction of sp³-hybridized carbons (Fsp3) is 0.500. The number of esters is 1. The quantitative estimate of drug-likeness (QED) is 0.697. The van der Waals surface area contributed by atoms with Crippen molar-refractivity contribution in [3.05, 3.63) is 24.4 Å². The van der Waals surface area contributed by atoms with E-state index in [2.05, 4.69) is 11.9 Å². The van der Waals surface area contributed by atoms with E-state index in [1.807, 2.05) is 6.92 Å². The third kappa shape index (κ3) is 4.11. The molecule has 0 saturated heterocycles. The minimum Gasteiger partial charge on any atom is -0.407 e. The lowest BCUT2D eigenvalue weighted by atomic mass is 10.1. The molecule has 0 fully saturated rings. The summed E-state index contributed by atoms with van der Waals surface area (Å²) in [7, 11) is 0. The van der Waals surface area contributed by atoms with Crippen molar-refractivity contribution in [2.45, 2.75) is 33.1 Å². The first-order valence-corrected chi connectivity index (χ1v) is 5.36. The molecule has 3 heteroatoms. The fourth-order valence-corrected chi connectivity index (χ4v) is 1.24. The second kappa shape index (κ2) is 6.17. The molecule has 0 bridgehead atoms. The smallest absolute Gasteiger partial charge is 0.315 e. The van der Waals surface area contributed by atoms with Crippen molar-refractivity contribution in [1.29, 1.82) is 0 Å². The minimum atomic E-state index is -0.192. The summed E-state index contributed by atoms with van der Waals surface area (Å²) in [5, 5.41) is 0. The van der Waals surface area contributed by atoms with E-state index in [1.54, 1.807) is 24.4 Å². The molecule has 1 atom stereocenters. The Hall–Kier alpha value is -1.38. The summed E-state index contributed by atoms with van der Waals surface area (Å²) < 4.78 is 5.12. The largest absolute Gasteiger partial charge is 0.407 e. The normalized spacial score (nSPS) is 12.1. The maximum atomic E-state index is 11.6. The molecule has 0 aliphatic rings. The number of carbonyl (C=O) groups is 1. The molecule has 0 saturated carbocycles. The molecule has 0 aliphatic heterocycles. The minimum absolute atomic E-state index is 0.0491. The molecule has 0 aliphatic carbocycles. The monoisotopic (exact) mass is 207 g/mol. The van der Waals surface area contributed by atoms with Gasteiger partial charge in [-0.25, -0.2) is 4.98 Å². The maximum absolute atomic E-state index is 11.6. The van der Waals surface area contributed by atoms with Crippen LogP contribution in [0.5, 0.6) is 5.88 Å². The molecule has 3 nitrogen and oxygen atoms in total. The topological polar surface area (TPSA) is 39.2 Å². The van der Waals surface area contributed by atoms with Crippen molar-refractivity contribution >= 4 is 5.97 Å². The lowest BCUT2D eigenvalue weighted by Crippen LogP contribution is -2.18. The Labute approximate surface area is 90.5 Å². The van der Waals surface area contributed by atoms with Gasteiger partial charge in [-0.1, -0.05) is 32.8 Å². The molecule has 0 aromatic carbocycles. The van der Waals surface area contributed by atoms with E-state index in [9.17, 15) is 4.79 Å². The van der Waals surface area contributed by atoms with Gasteiger partial charge in [0.2, 0.25) is 5.88 Å². The van der Waals surface area contributed by atoms with Gasteiger partial charge in [0.05, 0.1) is 5.92 Å². The van der Waals surface area contributed by atoms with Crippen LogP contribution in [0.2, 0.25) is 0 Å². The number of nitrogens with zero attached hydrogens (tertiary/aromatic N) is 1. The number of hydrogen-bond donors (Lipinski definition) is 0. The van der Waals surface area contributed by atoms with Crippen LogP contribution in [-0.4, -0.2) is 11.0 Å². The molecule has 1 unspecified atom stereocenters. The van der Waals surface area contributed by atoms with Gasteiger partial charge >= 0.3 is 5.97 Å². The SMILES string of the molecule is CCCCC(C)C(=O)Oc1ccccn1. The molecule has 1 rings (SSSR count). The van der Waals surface area contributed by atoms with Gasteiger partial charge in [-0.05, 0) is 12.5 Å². The van der Waals surface area contributed by atoms with Gasteiger partial charge in [-0.15, -0.1) is 0 Å². The van der Waals surface area contributed by atoms with Crippen molar-refractivity contribution in [3.8, 4) is 5.88 Å². The summed E-state index contributed by atoms with van der Waals surface area (Å²) >= 11 is 0. The van der Waals surface area contributed by atoms with Gasteiger partial charge in [0.15, 0.2) is 0 Å². The van der Waals surface area contributed by atoms with E-state index in [4.69, 9.17) is 4.74 Å². The Morgan fingerprint density at radius 3 is 2.93 bits per heavy atom. The summed E-state index contributed by atoms with van der Waals surface area (Å²) in [5.74, 6) is 0.139. The second-order valence-electron chi connectivity index (χ2n) is 3.63. The first kappa shape index (κ1) is 11.7. The number of carbonyl (C=O) groups excluding carboxylic acids is 1. The lowest BCUT2D eigenvalue weighted by Gasteiger charge is -2.09. The molecule has 0 amide bonds. The molecule has 1 aromatic rings. The van der Waals surface area contributed by atoms with E-state index in [0.717, 1.165) is 19.3 Å². The maximum Gasteiger partial charge on any atom is 0.315 e. The molecular formula is C12H17NO2. The zero-order valence-electron chi connectivity index (χ0n) is 9.27. The predicted molar refractivity (Wildman–Crippen MR) is 58.6 cm³/mol. The average molecular weight is 207 g/mol. The number of rotatable bonds is 5. The van der Waals surface area contributed by atoms with Crippen LogP contribution in [0.4, 0.5) is 0 Å². The van der Waals surface area contributed by atoms with E-state index in [-0.39, 0.29) is 11.9 Å². The van der Waals surface area contributed by atoms with Crippen LogP contribution in [0.15, 0.2) is 24.4 Å². The summed E-state index contributed by atoms with van der Waals surface area (Å²) in [5.41, 5.74) is 0. The van der Waals surface area contributed by atoms with Gasteiger partial charge < -0.3 is 4.74 Å². The fourth-order valence-electron chi connectivity index (χ4n) is 1.24. The first-order valence-electron chi connectivity index (χ1n) is 5.36. The number of ether oxygens (including phenoxy) is 1. The summed E-state index contributed by atoms with van der Waals surface area (Å²) in [6.45, 7) is 4.00. The Balaban J connectivity index is 2.42. The van der Waals surface area contributed by atoms with Gasteiger partial charge in [0.1, 0.15) is 0 Å². The van der Waals surface area contributed by atoms with Crippen LogP contribution in [0, 0.1) is 5.92 Å². The van der Waals surface area contributed by atoms with E-state index >= 15 is 0 Å². The van der Waals surface area contributed by atoms with Crippen LogP contribution >= 0.6 is 0 Å². The zero-order valence-corrected chi connectivity index (χ0v) is 9.27. The molecule has 15 heavy (non-hydrogen) atoms. The second-order valence-corrected chi connectivity index (χ2v) is 3.63. The summed E-state index contributed by atoms with van der Waals surface area (Å²) in [6.07, 6.45) is 4.64. The highest BCUT2D eigenvalue weighted by atomic mass is 16.5. The third-order valence-corrected chi connectivity index (χ3v) is 2.24. The number of pyridine rings is 1. The molecule has 1 aromatic heterocycles. The van der Waals surface area contributed by atoms with Crippen LogP contribution in [0.3, 0.4) is 0 Å². The van der Waals surface area contributed by atoms with Crippen molar-refractivity contribution < 1.29 is 9.53 Å². The lowest BCUT2D eigenvalue weighted by molar-refractivity contribution is -0.138. The Morgan fingerprint density at radius 2 is 2.33 bits per heavy atom. The molecule has 0 N–H and O–H groups in total. The number of hydrogen-bond acceptors (Lipinski definition) is 3. The van der Waals surface area contributed by atoms with Crippen molar-refractivity contribution in [3.63, 3.8) is 0 Å². The zero-order chi connectivity index (χ0) is 11.1. The van der Waals surface area contributed by atoms with Crippen molar-refractivity contribution in [1.82, 2.24) is 4.98 Å². The van der Waals surface area contributed by atoms with Crippen LogP contribution in [0.25, 0.3) is 0 Å². The molecule has 0 radical (unpaired) electrons. The standard InChI is InChI=1S/C12H17NO2/c1-3-4-7-10(2)12(14)15-11-8-5-6-9-13-11/h5-6,8-10H,3-4,7H2,1-2H3. The van der Waals surface area contributed by atoms with Crippen LogP contribution in [-0.2, 0) is 4.79 Å². The molecule has 0 spiro atoms. The summed E-state index contributed by atoms with van der Waals surface area (Å²) in [6, 6.07) is 5.27. The van der Waals surface area contributed by atoms with Gasteiger partial charge in [-0.3, -0.25) is 4.79 Å². The Bertz CT molecular complexity index is 298. The number of unbranched alkanes of at least 4 members (excludes halogenated alkanes) is 1. The van der Waals surface area contributed by atoms with Crippen molar-refractivity contribution in [2.75, 3.05) is 0 Å². The van der Waals surface area contributed by atoms with E-state index in [0.29, 0.717) is 5.88 Å². The van der Waals surface area contributed by atoms with Gasteiger partial charge in [0, 0.05) is 12.3 Å². The van der Waals surface area contributed by atoms with Crippen LogP contribution in [0.1, 0.15) is 33.1 Å². The highest BCUT2D eigenvalue weighted by Gasteiger charge is 2.14. The highest BCUT2D eigenvalue weighted by Crippen LogP contribution is 2.12. The van der Waals surface area contributed by atoms with E-state index in [1.165, 1.54) is 0 Å². The average Bonchev–Trinajstić information content (AvgIpc) is 2.27. The van der Waals surface area contributed by atoms with Gasteiger partial charge in [0.25, 0.3) is 0 Å². The predicted octanol–water partition coefficient (Wildman–Crippen LogP) is 2.81. The molecule has 1 heterocycles. The van der Waals surface area contributed by atoms with Crippen molar-refractivity contribution in [2.24, 2.45) is 5.92 Å². The molecule has 82 valence electrons. The summed E-state index contributed by atoms with van der Waals surface area (Å²) in [4.78, 5) is 15.5. The van der Waals surface area contributed by atoms with E-state index < -0.39 is 0 Å². The Morgan fingerprint density at radius 1 is 1.53 bits per heavy atom. The first-order chi connectivity index (χ1) is 7.24. The third-order valence-electron chi connectivity index (χ3n) is 2.24. The highest BCUT2D eigenvalue weighted by molar-refractivity contribution is 5.74. The Kier molecular flexibility index (Phi) is 4.81.